The molecule has 8 nitrogen and oxygen atoms in total. The van der Waals surface area contributed by atoms with Crippen molar-refractivity contribution in [1.29, 1.82) is 0 Å². The van der Waals surface area contributed by atoms with E-state index in [-0.39, 0.29) is 47.4 Å². The first-order valence-corrected chi connectivity index (χ1v) is 6.48. The maximum Gasteiger partial charge on any atom is 0.327 e. The zero-order valence-corrected chi connectivity index (χ0v) is 14.6. The van der Waals surface area contributed by atoms with Crippen molar-refractivity contribution >= 4 is 41.8 Å². The fraction of sp³-hybridized carbons (Fsp3) is 0.385. The van der Waals surface area contributed by atoms with E-state index in [9.17, 15) is 14.4 Å². The van der Waals surface area contributed by atoms with Gasteiger partial charge < -0.3 is 10.2 Å². The molecule has 0 aliphatic carbocycles. The number of fused-ring (bicyclic) bond motifs is 1. The van der Waals surface area contributed by atoms with Gasteiger partial charge in [0.1, 0.15) is 11.3 Å². The Kier molecular flexibility index (Phi) is 7.94. The molecule has 2 heterocycles. The molecule has 10 heteroatoms. The van der Waals surface area contributed by atoms with Crippen LogP contribution in [0.25, 0.3) is 11.0 Å². The van der Waals surface area contributed by atoms with Gasteiger partial charge in [0.05, 0.1) is 5.39 Å². The summed E-state index contributed by atoms with van der Waals surface area (Å²) in [7, 11) is 3.47. The number of rotatable bonds is 4. The highest BCUT2D eigenvalue weighted by molar-refractivity contribution is 5.95. The summed E-state index contributed by atoms with van der Waals surface area (Å²) >= 11 is 0. The van der Waals surface area contributed by atoms with E-state index in [1.165, 1.54) is 4.90 Å². The maximum absolute atomic E-state index is 12.3. The number of hydrogen-bond donors (Lipinski definition) is 3. The van der Waals surface area contributed by atoms with E-state index in [0.717, 1.165) is 0 Å². The monoisotopic (exact) mass is 363 g/mol. The third kappa shape index (κ3) is 4.54. The number of carbonyl (C=O) groups is 1. The molecular formula is C13H19Cl2N5O3. The Labute approximate surface area is 144 Å². The van der Waals surface area contributed by atoms with E-state index in [1.54, 1.807) is 27.1 Å². The molecule has 0 saturated heterocycles. The summed E-state index contributed by atoms with van der Waals surface area (Å²) in [6, 6.07) is 1.55. The van der Waals surface area contributed by atoms with Crippen LogP contribution in [0.2, 0.25) is 0 Å². The highest BCUT2D eigenvalue weighted by Crippen LogP contribution is 2.12. The molecule has 3 N–H and O–H groups in total. The van der Waals surface area contributed by atoms with Gasteiger partial charge in [0.15, 0.2) is 0 Å². The highest BCUT2D eigenvalue weighted by Gasteiger charge is 2.16. The summed E-state index contributed by atoms with van der Waals surface area (Å²) in [5.41, 5.74) is -0.259. The van der Waals surface area contributed by atoms with E-state index < -0.39 is 11.2 Å². The van der Waals surface area contributed by atoms with Gasteiger partial charge in [-0.05, 0) is 25.6 Å². The highest BCUT2D eigenvalue weighted by atomic mass is 35.5. The van der Waals surface area contributed by atoms with Crippen molar-refractivity contribution < 1.29 is 4.79 Å². The molecule has 128 valence electrons. The predicted octanol–water partition coefficient (Wildman–Crippen LogP) is 0.0548. The molecule has 2 aromatic heterocycles. The van der Waals surface area contributed by atoms with Crippen LogP contribution < -0.4 is 16.6 Å². The number of likely N-dealkylation sites (N-methyl/N-ethyl adjacent to an activating group) is 2. The molecule has 0 fully saturated rings. The molecule has 0 radical (unpaired) electrons. The second-order valence-corrected chi connectivity index (χ2v) is 4.79. The van der Waals surface area contributed by atoms with E-state index in [1.807, 2.05) is 0 Å². The number of H-pyrrole nitrogens is 2. The largest absolute Gasteiger partial charge is 0.339 e. The minimum absolute atomic E-state index is 0. The normalized spacial score (nSPS) is 9.87. The van der Waals surface area contributed by atoms with Crippen LogP contribution in [0.4, 0.5) is 0 Å². The third-order valence-corrected chi connectivity index (χ3v) is 3.17. The Morgan fingerprint density at radius 3 is 2.57 bits per heavy atom. The molecule has 0 aromatic carbocycles. The Bertz CT molecular complexity index is 802. The lowest BCUT2D eigenvalue weighted by molar-refractivity contribution is 0.0791. The van der Waals surface area contributed by atoms with Gasteiger partial charge in [0, 0.05) is 20.1 Å². The first-order valence-electron chi connectivity index (χ1n) is 6.48. The lowest BCUT2D eigenvalue weighted by atomic mass is 10.1. The summed E-state index contributed by atoms with van der Waals surface area (Å²) in [4.78, 5) is 45.6. The average molecular weight is 364 g/mol. The van der Waals surface area contributed by atoms with Crippen LogP contribution in [0.15, 0.2) is 15.7 Å². The molecule has 0 aliphatic rings. The Balaban J connectivity index is 0.00000242. The maximum atomic E-state index is 12.3. The predicted molar refractivity (Wildman–Crippen MR) is 93.1 cm³/mol. The number of halogens is 2. The van der Waals surface area contributed by atoms with E-state index in [2.05, 4.69) is 20.3 Å². The van der Waals surface area contributed by atoms with Crippen molar-refractivity contribution in [1.82, 2.24) is 25.2 Å². The van der Waals surface area contributed by atoms with Crippen LogP contribution in [-0.4, -0.2) is 52.9 Å². The summed E-state index contributed by atoms with van der Waals surface area (Å²) < 4.78 is 0. The van der Waals surface area contributed by atoms with Crippen molar-refractivity contribution in [3.63, 3.8) is 0 Å². The van der Waals surface area contributed by atoms with Crippen LogP contribution >= 0.6 is 24.8 Å². The minimum atomic E-state index is -0.646. The third-order valence-electron chi connectivity index (χ3n) is 3.17. The molecule has 1 amide bonds. The lowest BCUT2D eigenvalue weighted by Gasteiger charge is -2.16. The lowest BCUT2D eigenvalue weighted by Crippen LogP contribution is -2.33. The summed E-state index contributed by atoms with van der Waals surface area (Å²) in [6.07, 6.45) is 0. The number of aromatic amines is 2. The van der Waals surface area contributed by atoms with Gasteiger partial charge in [0.2, 0.25) is 0 Å². The van der Waals surface area contributed by atoms with Gasteiger partial charge in [-0.1, -0.05) is 0 Å². The van der Waals surface area contributed by atoms with E-state index in [4.69, 9.17) is 0 Å². The number of aromatic nitrogens is 3. The SMILES string of the molecule is CNCCN(C)C(=O)c1cc(C)c2c(=O)[nH]c(=O)[nH]c2n1.Cl.Cl. The Morgan fingerprint density at radius 2 is 1.96 bits per heavy atom. The standard InChI is InChI=1S/C13H17N5O3.2ClH/c1-7-6-8(12(20)18(3)5-4-14-2)15-10-9(7)11(19)17-13(21)16-10;;/h6,14H,4-5H2,1-3H3,(H2,15,16,17,19,21);2*1H. The second-order valence-electron chi connectivity index (χ2n) is 4.79. The minimum Gasteiger partial charge on any atom is -0.339 e. The zero-order valence-electron chi connectivity index (χ0n) is 12.9. The van der Waals surface area contributed by atoms with Crippen LogP contribution in [0.3, 0.4) is 0 Å². The van der Waals surface area contributed by atoms with Crippen LogP contribution in [0, 0.1) is 6.92 Å². The Morgan fingerprint density at radius 1 is 1.30 bits per heavy atom. The van der Waals surface area contributed by atoms with Crippen molar-refractivity contribution in [2.45, 2.75) is 6.92 Å². The van der Waals surface area contributed by atoms with Crippen molar-refractivity contribution in [2.24, 2.45) is 0 Å². The van der Waals surface area contributed by atoms with E-state index >= 15 is 0 Å². The first kappa shape index (κ1) is 21.1. The Hall–Kier alpha value is -1.90. The smallest absolute Gasteiger partial charge is 0.327 e. The van der Waals surface area contributed by atoms with Gasteiger partial charge in [-0.3, -0.25) is 19.6 Å². The van der Waals surface area contributed by atoms with Gasteiger partial charge in [0.25, 0.3) is 11.5 Å². The number of carbonyl (C=O) groups excluding carboxylic acids is 1. The number of aryl methyl sites for hydroxylation is 1. The molecule has 0 bridgehead atoms. The zero-order chi connectivity index (χ0) is 15.6. The van der Waals surface area contributed by atoms with Crippen molar-refractivity contribution in [3.05, 3.63) is 38.2 Å². The van der Waals surface area contributed by atoms with Crippen LogP contribution in [0.5, 0.6) is 0 Å². The fourth-order valence-corrected chi connectivity index (χ4v) is 2.04. The number of nitrogens with one attached hydrogen (secondary N) is 3. The number of amides is 1. The molecule has 0 atom stereocenters. The van der Waals surface area contributed by atoms with Gasteiger partial charge in [-0.25, -0.2) is 9.78 Å². The topological polar surface area (TPSA) is 111 Å². The first-order chi connectivity index (χ1) is 9.93. The van der Waals surface area contributed by atoms with Gasteiger partial charge in [-0.2, -0.15) is 0 Å². The second kappa shape index (κ2) is 8.66. The van der Waals surface area contributed by atoms with Crippen molar-refractivity contribution in [2.75, 3.05) is 27.2 Å². The summed E-state index contributed by atoms with van der Waals surface area (Å²) in [5, 5.41) is 3.24. The summed E-state index contributed by atoms with van der Waals surface area (Å²) in [6.45, 7) is 2.88. The fourth-order valence-electron chi connectivity index (χ4n) is 2.04. The number of pyridine rings is 1. The molecule has 2 aromatic rings. The van der Waals surface area contributed by atoms with Gasteiger partial charge >= 0.3 is 5.69 Å². The quantitative estimate of drug-likeness (QED) is 0.710. The van der Waals surface area contributed by atoms with E-state index in [0.29, 0.717) is 18.7 Å². The molecule has 0 unspecified atom stereocenters. The molecule has 23 heavy (non-hydrogen) atoms. The van der Waals surface area contributed by atoms with Gasteiger partial charge in [-0.15, -0.1) is 24.8 Å². The molecule has 0 aliphatic heterocycles. The van der Waals surface area contributed by atoms with Crippen molar-refractivity contribution in [3.8, 4) is 0 Å². The number of nitrogens with zero attached hydrogens (tertiary/aromatic N) is 2. The number of hydrogen-bond acceptors (Lipinski definition) is 5. The molecule has 0 spiro atoms. The molecular weight excluding hydrogens is 345 g/mol. The average Bonchev–Trinajstić information content (AvgIpc) is 2.42. The van der Waals surface area contributed by atoms with Crippen LogP contribution in [-0.2, 0) is 0 Å². The molecule has 0 saturated carbocycles. The van der Waals surface area contributed by atoms with Crippen LogP contribution in [0.1, 0.15) is 16.1 Å². The molecule has 2 rings (SSSR count). The summed E-state index contributed by atoms with van der Waals surface area (Å²) in [5.74, 6) is -0.267.